The number of hydrogen-bond donors (Lipinski definition) is 1. The molecule has 0 spiro atoms. The zero-order chi connectivity index (χ0) is 34.7. The number of pyridine rings is 1. The van der Waals surface area contributed by atoms with E-state index in [0.29, 0.717) is 42.1 Å². The Morgan fingerprint density at radius 1 is 0.808 bits per heavy atom. The Morgan fingerprint density at radius 3 is 2.12 bits per heavy atom. The van der Waals surface area contributed by atoms with Crippen molar-refractivity contribution in [3.63, 3.8) is 0 Å². The van der Waals surface area contributed by atoms with Crippen molar-refractivity contribution >= 4 is 63.2 Å². The van der Waals surface area contributed by atoms with Gasteiger partial charge >= 0.3 is 0 Å². The number of aromatic nitrogens is 1. The van der Waals surface area contributed by atoms with E-state index in [1.54, 1.807) is 66.9 Å². The first-order valence-corrected chi connectivity index (χ1v) is 16.8. The second kappa shape index (κ2) is 20.1. The molecule has 2 heterocycles. The molecular formula is C40H39Br2ClF2N4O3. The van der Waals surface area contributed by atoms with Crippen LogP contribution in [0.25, 0.3) is 6.08 Å². The smallest absolute Gasteiger partial charge is 0.246 e. The van der Waals surface area contributed by atoms with Crippen LogP contribution in [0.5, 0.6) is 17.4 Å². The minimum absolute atomic E-state index is 0. The van der Waals surface area contributed by atoms with Crippen molar-refractivity contribution in [2.75, 3.05) is 38.0 Å². The molecule has 0 unspecified atom stereocenters. The second-order valence-corrected chi connectivity index (χ2v) is 12.4. The van der Waals surface area contributed by atoms with Gasteiger partial charge in [0.15, 0.2) is 0 Å². The summed E-state index contributed by atoms with van der Waals surface area (Å²) in [4.78, 5) is 21.4. The lowest BCUT2D eigenvalue weighted by molar-refractivity contribution is -0.127. The van der Waals surface area contributed by atoms with E-state index in [1.807, 2.05) is 11.0 Å². The molecule has 7 nitrogen and oxygen atoms in total. The number of carbonyl (C=O) groups excluding carboxylic acids is 1. The number of carbonyl (C=O) groups is 1. The molecule has 1 aromatic heterocycles. The summed E-state index contributed by atoms with van der Waals surface area (Å²) in [5.74, 6) is 0.774. The van der Waals surface area contributed by atoms with E-state index in [0.717, 1.165) is 49.4 Å². The summed E-state index contributed by atoms with van der Waals surface area (Å²) < 4.78 is 37.7. The third-order valence-corrected chi connectivity index (χ3v) is 8.61. The van der Waals surface area contributed by atoms with Gasteiger partial charge in [0.1, 0.15) is 29.7 Å². The summed E-state index contributed by atoms with van der Waals surface area (Å²) in [5.41, 5.74) is 5.01. The number of halogens is 5. The van der Waals surface area contributed by atoms with Crippen molar-refractivity contribution in [3.8, 4) is 17.4 Å². The van der Waals surface area contributed by atoms with Gasteiger partial charge in [-0.25, -0.2) is 13.8 Å². The van der Waals surface area contributed by atoms with Crippen LogP contribution in [0.3, 0.4) is 0 Å². The Bertz CT molecular complexity index is 1890. The molecule has 1 aliphatic heterocycles. The van der Waals surface area contributed by atoms with Crippen LogP contribution in [0.4, 0.5) is 14.5 Å². The zero-order valence-electron chi connectivity index (χ0n) is 28.2. The summed E-state index contributed by atoms with van der Waals surface area (Å²) in [6.45, 7) is 4.82. The fraction of sp³-hybridized carbons (Fsp3) is 0.200. The molecule has 6 rings (SSSR count). The lowest BCUT2D eigenvalue weighted by Crippen LogP contribution is -2.47. The van der Waals surface area contributed by atoms with E-state index < -0.39 is 0 Å². The summed E-state index contributed by atoms with van der Waals surface area (Å²) in [5, 5.41) is 3.71. The minimum atomic E-state index is -0.292. The Labute approximate surface area is 328 Å². The summed E-state index contributed by atoms with van der Waals surface area (Å²) >= 11 is 6.49. The predicted octanol–water partition coefficient (Wildman–Crippen LogP) is 9.55. The van der Waals surface area contributed by atoms with Crippen molar-refractivity contribution in [1.82, 2.24) is 14.8 Å². The molecule has 0 bridgehead atoms. The average molecular weight is 857 g/mol. The standard InChI is InChI=1S/C40H37ClF2N4O3.2BrH/c41-37-25-30(7-16-38(37)50-39-17-15-36(26-45-39)49-28-32-5-9-33(42)10-6-32)8-18-40(48)47-23-21-46(22-24-47)27-31-3-1-29(2-4-31)19-20-44-35-13-11-34(43)12-14-35;;/h1-18,25-26,44H,19-24,27-28H2;2*1H. The van der Waals surface area contributed by atoms with Crippen LogP contribution in [-0.4, -0.2) is 53.4 Å². The molecule has 1 amide bonds. The van der Waals surface area contributed by atoms with Crippen LogP contribution in [0.1, 0.15) is 22.3 Å². The molecule has 1 fully saturated rings. The molecule has 4 aromatic carbocycles. The van der Waals surface area contributed by atoms with Crippen LogP contribution in [-0.2, 0) is 24.4 Å². The highest BCUT2D eigenvalue weighted by atomic mass is 79.9. The van der Waals surface area contributed by atoms with Crippen LogP contribution >= 0.6 is 45.6 Å². The topological polar surface area (TPSA) is 66.9 Å². The van der Waals surface area contributed by atoms with Crippen molar-refractivity contribution < 1.29 is 23.0 Å². The number of anilines is 1. The number of amides is 1. The molecule has 0 aliphatic carbocycles. The Hall–Kier alpha value is -4.29. The molecule has 0 atom stereocenters. The van der Waals surface area contributed by atoms with Crippen LogP contribution in [0, 0.1) is 11.6 Å². The lowest BCUT2D eigenvalue weighted by Gasteiger charge is -2.34. The van der Waals surface area contributed by atoms with E-state index in [9.17, 15) is 13.6 Å². The van der Waals surface area contributed by atoms with Gasteiger partial charge in [-0.15, -0.1) is 34.0 Å². The van der Waals surface area contributed by atoms with Gasteiger partial charge in [0, 0.05) is 57.1 Å². The van der Waals surface area contributed by atoms with Gasteiger partial charge in [0.25, 0.3) is 0 Å². The maximum absolute atomic E-state index is 13.1. The van der Waals surface area contributed by atoms with Crippen molar-refractivity contribution in [1.29, 1.82) is 0 Å². The average Bonchev–Trinajstić information content (AvgIpc) is 3.14. The Morgan fingerprint density at radius 2 is 1.46 bits per heavy atom. The fourth-order valence-electron chi connectivity index (χ4n) is 5.46. The van der Waals surface area contributed by atoms with E-state index in [-0.39, 0.29) is 51.5 Å². The number of benzene rings is 4. The van der Waals surface area contributed by atoms with Crippen molar-refractivity contribution in [2.24, 2.45) is 0 Å². The highest BCUT2D eigenvalue weighted by molar-refractivity contribution is 8.93. The summed E-state index contributed by atoms with van der Waals surface area (Å²) in [6, 6.07) is 29.9. The zero-order valence-corrected chi connectivity index (χ0v) is 32.4. The van der Waals surface area contributed by atoms with Gasteiger partial charge in [-0.05, 0) is 89.3 Å². The number of nitrogens with one attached hydrogen (secondary N) is 1. The molecule has 12 heteroatoms. The normalized spacial score (nSPS) is 12.9. The van der Waals surface area contributed by atoms with Crippen LogP contribution in [0.2, 0.25) is 5.02 Å². The first-order valence-electron chi connectivity index (χ1n) is 16.4. The molecular weight excluding hydrogens is 818 g/mol. The molecule has 5 aromatic rings. The monoisotopic (exact) mass is 854 g/mol. The van der Waals surface area contributed by atoms with Crippen molar-refractivity contribution in [2.45, 2.75) is 19.6 Å². The van der Waals surface area contributed by atoms with Crippen LogP contribution < -0.4 is 14.8 Å². The van der Waals surface area contributed by atoms with Gasteiger partial charge in [-0.1, -0.05) is 54.1 Å². The third-order valence-electron chi connectivity index (χ3n) is 8.32. The molecule has 272 valence electrons. The van der Waals surface area contributed by atoms with E-state index >= 15 is 0 Å². The fourth-order valence-corrected chi connectivity index (χ4v) is 5.69. The third kappa shape index (κ3) is 12.2. The van der Waals surface area contributed by atoms with Gasteiger partial charge in [0.05, 0.1) is 11.2 Å². The van der Waals surface area contributed by atoms with Crippen LogP contribution in [0.15, 0.2) is 115 Å². The molecule has 1 N–H and O–H groups in total. The van der Waals surface area contributed by atoms with Gasteiger partial charge in [0.2, 0.25) is 11.8 Å². The number of nitrogens with zero attached hydrogens (tertiary/aromatic N) is 3. The second-order valence-electron chi connectivity index (χ2n) is 12.0. The molecule has 0 radical (unpaired) electrons. The Kier molecular flexibility index (Phi) is 15.6. The highest BCUT2D eigenvalue weighted by Crippen LogP contribution is 2.30. The number of rotatable bonds is 13. The van der Waals surface area contributed by atoms with E-state index in [2.05, 4.69) is 39.5 Å². The van der Waals surface area contributed by atoms with Gasteiger partial charge < -0.3 is 19.7 Å². The molecule has 0 saturated carbocycles. The highest BCUT2D eigenvalue weighted by Gasteiger charge is 2.19. The predicted molar refractivity (Wildman–Crippen MR) is 213 cm³/mol. The number of hydrogen-bond acceptors (Lipinski definition) is 6. The minimum Gasteiger partial charge on any atom is -0.487 e. The van der Waals surface area contributed by atoms with Gasteiger partial charge in [-0.3, -0.25) is 9.69 Å². The maximum Gasteiger partial charge on any atom is 0.246 e. The summed E-state index contributed by atoms with van der Waals surface area (Å²) in [6.07, 6.45) is 5.76. The Balaban J connectivity index is 0.00000302. The maximum atomic E-state index is 13.1. The SMILES string of the molecule is Br.Br.O=C(C=Cc1ccc(Oc2ccc(OCc3ccc(F)cc3)cn2)c(Cl)c1)N1CCN(Cc2ccc(CCNc3ccc(F)cc3)cc2)CC1. The quantitative estimate of drug-likeness (QED) is 0.119. The lowest BCUT2D eigenvalue weighted by atomic mass is 10.1. The molecule has 1 aliphatic rings. The largest absolute Gasteiger partial charge is 0.487 e. The van der Waals surface area contributed by atoms with E-state index in [4.69, 9.17) is 21.1 Å². The molecule has 1 saturated heterocycles. The number of piperazine rings is 1. The van der Waals surface area contributed by atoms with Crippen molar-refractivity contribution in [3.05, 3.63) is 154 Å². The first kappa shape index (κ1) is 40.5. The first-order chi connectivity index (χ1) is 24.4. The number of ether oxygens (including phenoxy) is 2. The van der Waals surface area contributed by atoms with E-state index in [1.165, 1.54) is 35.4 Å². The summed E-state index contributed by atoms with van der Waals surface area (Å²) in [7, 11) is 0. The molecule has 52 heavy (non-hydrogen) atoms. The van der Waals surface area contributed by atoms with Gasteiger partial charge in [-0.2, -0.15) is 0 Å².